The number of amides is 3. The van der Waals surface area contributed by atoms with Crippen LogP contribution in [-0.4, -0.2) is 36.0 Å². The van der Waals surface area contributed by atoms with Crippen LogP contribution >= 0.6 is 0 Å². The second-order valence-corrected chi connectivity index (χ2v) is 9.93. The number of hydrogen-bond acceptors (Lipinski definition) is 4. The number of nitrogens with zero attached hydrogens (tertiary/aromatic N) is 1. The fourth-order valence-electron chi connectivity index (χ4n) is 4.94. The molecule has 0 saturated carbocycles. The average Bonchev–Trinajstić information content (AvgIpc) is 2.94. The zero-order valence-corrected chi connectivity index (χ0v) is 23.6. The van der Waals surface area contributed by atoms with Gasteiger partial charge in [-0.25, -0.2) is 9.59 Å². The van der Waals surface area contributed by atoms with Gasteiger partial charge < -0.3 is 15.4 Å². The van der Waals surface area contributed by atoms with Gasteiger partial charge in [-0.3, -0.25) is 9.69 Å². The van der Waals surface area contributed by atoms with Crippen LogP contribution in [0.15, 0.2) is 60.2 Å². The summed E-state index contributed by atoms with van der Waals surface area (Å²) in [5.41, 5.74) is 3.04. The predicted molar refractivity (Wildman–Crippen MR) is 156 cm³/mol. The van der Waals surface area contributed by atoms with Crippen molar-refractivity contribution < 1.29 is 19.1 Å². The van der Waals surface area contributed by atoms with Gasteiger partial charge in [0, 0.05) is 18.7 Å². The third kappa shape index (κ3) is 8.44. The molecule has 3 rings (SSSR count). The lowest BCUT2D eigenvalue weighted by molar-refractivity contribution is -0.139. The molecule has 0 spiro atoms. The van der Waals surface area contributed by atoms with Crippen LogP contribution in [0, 0.1) is 0 Å². The Kier molecular flexibility index (Phi) is 12.1. The van der Waals surface area contributed by atoms with Crippen molar-refractivity contribution in [1.29, 1.82) is 0 Å². The number of rotatable bonds is 15. The number of urea groups is 1. The number of unbranched alkanes of at least 4 members (excludes halogenated alkanes) is 6. The van der Waals surface area contributed by atoms with Crippen LogP contribution < -0.4 is 10.6 Å². The number of esters is 1. The Hall–Kier alpha value is -3.61. The largest absolute Gasteiger partial charge is 0.463 e. The Labute approximate surface area is 233 Å². The predicted octanol–water partition coefficient (Wildman–Crippen LogP) is 7.22. The van der Waals surface area contributed by atoms with Crippen molar-refractivity contribution in [2.45, 2.75) is 84.6 Å². The standard InChI is InChI=1S/C32H43N3O4/c1-4-7-8-9-10-11-15-21-27(36)33-26-20-16-19-25(23-26)29-28(31(37)39-6-3)30(24-17-13-12-14-18-24)35(22-5-2)32(38)34-29/h12-14,16-20,23,29H,4-11,15,21-22H2,1-3H3,(H,33,36)(H,34,38)/t29-/m0/s1. The number of nitrogens with one attached hydrogen (secondary N) is 2. The summed E-state index contributed by atoms with van der Waals surface area (Å²) >= 11 is 0. The molecule has 1 aliphatic heterocycles. The highest BCUT2D eigenvalue weighted by molar-refractivity contribution is 6.04. The van der Waals surface area contributed by atoms with Gasteiger partial charge >= 0.3 is 12.0 Å². The van der Waals surface area contributed by atoms with Gasteiger partial charge in [-0.15, -0.1) is 0 Å². The van der Waals surface area contributed by atoms with Crippen molar-refractivity contribution in [3.63, 3.8) is 0 Å². The van der Waals surface area contributed by atoms with Crippen molar-refractivity contribution in [3.8, 4) is 0 Å². The van der Waals surface area contributed by atoms with Gasteiger partial charge in [0.1, 0.15) is 0 Å². The molecule has 2 N–H and O–H groups in total. The molecule has 39 heavy (non-hydrogen) atoms. The number of carbonyl (C=O) groups excluding carboxylic acids is 3. The summed E-state index contributed by atoms with van der Waals surface area (Å²) in [6, 6.07) is 15.8. The minimum Gasteiger partial charge on any atom is -0.463 e. The molecule has 1 heterocycles. The third-order valence-electron chi connectivity index (χ3n) is 6.83. The molecular weight excluding hydrogens is 490 g/mol. The maximum atomic E-state index is 13.4. The minimum atomic E-state index is -0.722. The van der Waals surface area contributed by atoms with Gasteiger partial charge in [0.05, 0.1) is 23.9 Å². The summed E-state index contributed by atoms with van der Waals surface area (Å²) < 4.78 is 5.48. The second-order valence-electron chi connectivity index (χ2n) is 9.93. The summed E-state index contributed by atoms with van der Waals surface area (Å²) in [7, 11) is 0. The van der Waals surface area contributed by atoms with Gasteiger partial charge in [0.2, 0.25) is 5.91 Å². The van der Waals surface area contributed by atoms with Gasteiger partial charge in [-0.05, 0) is 43.0 Å². The first-order valence-corrected chi connectivity index (χ1v) is 14.4. The van der Waals surface area contributed by atoms with Crippen molar-refractivity contribution in [1.82, 2.24) is 10.2 Å². The number of benzene rings is 2. The molecule has 0 fully saturated rings. The van der Waals surface area contributed by atoms with E-state index in [2.05, 4.69) is 17.6 Å². The van der Waals surface area contributed by atoms with Crippen molar-refractivity contribution in [3.05, 3.63) is 71.3 Å². The van der Waals surface area contributed by atoms with Gasteiger partial charge in [0.25, 0.3) is 0 Å². The van der Waals surface area contributed by atoms with Gasteiger partial charge in [0.15, 0.2) is 0 Å². The third-order valence-corrected chi connectivity index (χ3v) is 6.83. The van der Waals surface area contributed by atoms with E-state index in [0.717, 1.165) is 31.2 Å². The fourth-order valence-corrected chi connectivity index (χ4v) is 4.94. The molecule has 2 aromatic carbocycles. The molecule has 0 aromatic heterocycles. The first kappa shape index (κ1) is 29.9. The highest BCUT2D eigenvalue weighted by Crippen LogP contribution is 2.37. The summed E-state index contributed by atoms with van der Waals surface area (Å²) in [6.45, 7) is 6.64. The Morgan fingerprint density at radius 1 is 0.897 bits per heavy atom. The van der Waals surface area contributed by atoms with E-state index in [9.17, 15) is 14.4 Å². The SMILES string of the molecule is CCCCCCCCCC(=O)Nc1cccc([C@@H]2NC(=O)N(CCC)C(c3ccccc3)=C2C(=O)OCC)c1. The summed E-state index contributed by atoms with van der Waals surface area (Å²) in [5.74, 6) is -0.510. The van der Waals surface area contributed by atoms with Crippen LogP contribution in [0.5, 0.6) is 0 Å². The zero-order valence-electron chi connectivity index (χ0n) is 23.6. The molecule has 7 heteroatoms. The maximum Gasteiger partial charge on any atom is 0.338 e. The van der Waals surface area contributed by atoms with Crippen LogP contribution in [-0.2, 0) is 14.3 Å². The first-order valence-electron chi connectivity index (χ1n) is 14.4. The Morgan fingerprint density at radius 3 is 2.31 bits per heavy atom. The van der Waals surface area contributed by atoms with Crippen molar-refractivity contribution in [2.75, 3.05) is 18.5 Å². The van der Waals surface area contributed by atoms with Crippen LogP contribution in [0.4, 0.5) is 10.5 Å². The van der Waals surface area contributed by atoms with E-state index in [4.69, 9.17) is 4.74 Å². The van der Waals surface area contributed by atoms with Crippen LogP contribution in [0.2, 0.25) is 0 Å². The Balaban J connectivity index is 1.85. The highest BCUT2D eigenvalue weighted by Gasteiger charge is 2.38. The van der Waals surface area contributed by atoms with E-state index in [1.165, 1.54) is 25.7 Å². The minimum absolute atomic E-state index is 0.0337. The topological polar surface area (TPSA) is 87.7 Å². The molecule has 0 saturated heterocycles. The molecule has 0 aliphatic carbocycles. The molecule has 210 valence electrons. The van der Waals surface area contributed by atoms with Crippen molar-refractivity contribution >= 4 is 29.3 Å². The molecule has 3 amide bonds. The molecule has 1 atom stereocenters. The van der Waals surface area contributed by atoms with E-state index >= 15 is 0 Å². The normalized spacial score (nSPS) is 15.2. The molecule has 7 nitrogen and oxygen atoms in total. The number of hydrogen-bond donors (Lipinski definition) is 2. The summed E-state index contributed by atoms with van der Waals surface area (Å²) in [5, 5.41) is 6.01. The molecule has 2 aromatic rings. The quantitative estimate of drug-likeness (QED) is 0.187. The number of carbonyl (C=O) groups is 3. The lowest BCUT2D eigenvalue weighted by Gasteiger charge is -2.37. The lowest BCUT2D eigenvalue weighted by atomic mass is 9.91. The lowest BCUT2D eigenvalue weighted by Crippen LogP contribution is -2.48. The Morgan fingerprint density at radius 2 is 1.62 bits per heavy atom. The Bertz CT molecular complexity index is 1130. The van der Waals surface area contributed by atoms with E-state index in [1.54, 1.807) is 11.8 Å². The van der Waals surface area contributed by atoms with Crippen LogP contribution in [0.1, 0.15) is 95.7 Å². The fraction of sp³-hybridized carbons (Fsp3) is 0.469. The van der Waals surface area contributed by atoms with Crippen LogP contribution in [0.3, 0.4) is 0 Å². The maximum absolute atomic E-state index is 13.4. The van der Waals surface area contributed by atoms with E-state index in [0.29, 0.717) is 35.5 Å². The van der Waals surface area contributed by atoms with Crippen molar-refractivity contribution in [2.24, 2.45) is 0 Å². The average molecular weight is 534 g/mol. The van der Waals surface area contributed by atoms with E-state index in [-0.39, 0.29) is 18.5 Å². The second kappa shape index (κ2) is 15.7. The van der Waals surface area contributed by atoms with E-state index < -0.39 is 12.0 Å². The zero-order chi connectivity index (χ0) is 28.0. The van der Waals surface area contributed by atoms with E-state index in [1.807, 2.05) is 61.5 Å². The van der Waals surface area contributed by atoms with Gasteiger partial charge in [-0.2, -0.15) is 0 Å². The van der Waals surface area contributed by atoms with Crippen LogP contribution in [0.25, 0.3) is 5.70 Å². The molecular formula is C32H43N3O4. The smallest absolute Gasteiger partial charge is 0.338 e. The molecule has 0 unspecified atom stereocenters. The molecule has 0 radical (unpaired) electrons. The number of ether oxygens (including phenoxy) is 1. The highest BCUT2D eigenvalue weighted by atomic mass is 16.5. The molecule has 0 bridgehead atoms. The molecule has 1 aliphatic rings. The summed E-state index contributed by atoms with van der Waals surface area (Å²) in [4.78, 5) is 41.0. The monoisotopic (exact) mass is 533 g/mol. The summed E-state index contributed by atoms with van der Waals surface area (Å²) in [6.07, 6.45) is 9.25. The first-order chi connectivity index (χ1) is 19.0. The number of anilines is 1. The van der Waals surface area contributed by atoms with Gasteiger partial charge in [-0.1, -0.05) is 94.8 Å².